The molecule has 1 aromatic rings. The number of carboxylic acids is 1. The Balaban J connectivity index is 3.06. The standard InChI is InChI=1S/C11H14F3NO2S/c1-3-10(4-2,9(16)17)7-6-18-8(15-7)5-11(12,13)14/h6H,3-5H2,1-2H3,(H,16,17). The smallest absolute Gasteiger partial charge is 0.395 e. The summed E-state index contributed by atoms with van der Waals surface area (Å²) in [6.45, 7) is 3.39. The van der Waals surface area contributed by atoms with Gasteiger partial charge in [0.2, 0.25) is 0 Å². The molecule has 1 N–H and O–H groups in total. The number of carboxylic acid groups (broad SMARTS) is 1. The summed E-state index contributed by atoms with van der Waals surface area (Å²) in [5, 5.41) is 10.6. The van der Waals surface area contributed by atoms with Gasteiger partial charge in [-0.1, -0.05) is 13.8 Å². The Morgan fingerprint density at radius 1 is 1.39 bits per heavy atom. The van der Waals surface area contributed by atoms with E-state index in [1.54, 1.807) is 13.8 Å². The highest BCUT2D eigenvalue weighted by molar-refractivity contribution is 7.09. The van der Waals surface area contributed by atoms with Crippen molar-refractivity contribution in [2.75, 3.05) is 0 Å². The molecule has 0 aliphatic rings. The molecule has 0 radical (unpaired) electrons. The predicted molar refractivity (Wildman–Crippen MR) is 61.8 cm³/mol. The predicted octanol–water partition coefficient (Wildman–Crippen LogP) is 3.39. The van der Waals surface area contributed by atoms with Gasteiger partial charge in [0, 0.05) is 5.38 Å². The van der Waals surface area contributed by atoms with E-state index in [9.17, 15) is 23.1 Å². The molecule has 0 aliphatic carbocycles. The third kappa shape index (κ3) is 3.01. The molecular weight excluding hydrogens is 267 g/mol. The molecule has 0 atom stereocenters. The Labute approximate surface area is 107 Å². The van der Waals surface area contributed by atoms with E-state index >= 15 is 0 Å². The number of alkyl halides is 3. The van der Waals surface area contributed by atoms with Crippen LogP contribution in [0.15, 0.2) is 5.38 Å². The Hall–Kier alpha value is -1.11. The van der Waals surface area contributed by atoms with Gasteiger partial charge in [0.25, 0.3) is 0 Å². The lowest BCUT2D eigenvalue weighted by Gasteiger charge is -2.24. The van der Waals surface area contributed by atoms with Gasteiger partial charge in [-0.25, -0.2) is 4.98 Å². The summed E-state index contributed by atoms with van der Waals surface area (Å²) >= 11 is 0.857. The molecule has 0 spiro atoms. The number of rotatable bonds is 5. The van der Waals surface area contributed by atoms with Gasteiger partial charge in [-0.3, -0.25) is 4.79 Å². The lowest BCUT2D eigenvalue weighted by molar-refractivity contribution is -0.144. The molecule has 0 bridgehead atoms. The molecule has 1 aromatic heterocycles. The van der Waals surface area contributed by atoms with Crippen LogP contribution in [0.5, 0.6) is 0 Å². The first-order chi connectivity index (χ1) is 8.25. The number of thiazole rings is 1. The molecule has 0 amide bonds. The minimum Gasteiger partial charge on any atom is -0.481 e. The summed E-state index contributed by atoms with van der Waals surface area (Å²) in [7, 11) is 0. The topological polar surface area (TPSA) is 50.2 Å². The summed E-state index contributed by atoms with van der Waals surface area (Å²) < 4.78 is 36.7. The van der Waals surface area contributed by atoms with E-state index in [2.05, 4.69) is 4.98 Å². The molecule has 7 heteroatoms. The summed E-state index contributed by atoms with van der Waals surface area (Å²) in [4.78, 5) is 15.2. The zero-order valence-electron chi connectivity index (χ0n) is 10.0. The molecular formula is C11H14F3NO2S. The van der Waals surface area contributed by atoms with Crippen LogP contribution < -0.4 is 0 Å². The molecule has 1 rings (SSSR count). The molecule has 0 aromatic carbocycles. The van der Waals surface area contributed by atoms with Crippen LogP contribution in [0.2, 0.25) is 0 Å². The van der Waals surface area contributed by atoms with Crippen LogP contribution >= 0.6 is 11.3 Å². The highest BCUT2D eigenvalue weighted by Gasteiger charge is 2.40. The average Bonchev–Trinajstić information content (AvgIpc) is 2.66. The molecule has 0 saturated heterocycles. The fourth-order valence-corrected chi connectivity index (χ4v) is 2.73. The monoisotopic (exact) mass is 281 g/mol. The fraction of sp³-hybridized carbons (Fsp3) is 0.636. The molecule has 0 fully saturated rings. The third-order valence-corrected chi connectivity index (χ3v) is 3.86. The van der Waals surface area contributed by atoms with Crippen molar-refractivity contribution < 1.29 is 23.1 Å². The van der Waals surface area contributed by atoms with Gasteiger partial charge >= 0.3 is 12.1 Å². The van der Waals surface area contributed by atoms with Gasteiger partial charge in [0.1, 0.15) is 10.4 Å². The summed E-state index contributed by atoms with van der Waals surface area (Å²) in [6, 6.07) is 0. The fourth-order valence-electron chi connectivity index (χ4n) is 1.81. The van der Waals surface area contributed by atoms with E-state index in [-0.39, 0.29) is 10.7 Å². The van der Waals surface area contributed by atoms with Gasteiger partial charge in [-0.15, -0.1) is 11.3 Å². The van der Waals surface area contributed by atoms with Crippen molar-refractivity contribution in [3.05, 3.63) is 16.1 Å². The van der Waals surface area contributed by atoms with Crippen molar-refractivity contribution in [3.8, 4) is 0 Å². The van der Waals surface area contributed by atoms with Crippen LogP contribution in [0.25, 0.3) is 0 Å². The van der Waals surface area contributed by atoms with Crippen LogP contribution in [0.1, 0.15) is 37.4 Å². The van der Waals surface area contributed by atoms with E-state index in [1.165, 1.54) is 5.38 Å². The molecule has 0 aliphatic heterocycles. The second-order valence-electron chi connectivity index (χ2n) is 4.01. The van der Waals surface area contributed by atoms with Crippen LogP contribution in [-0.2, 0) is 16.6 Å². The van der Waals surface area contributed by atoms with Crippen molar-refractivity contribution >= 4 is 17.3 Å². The van der Waals surface area contributed by atoms with E-state index in [4.69, 9.17) is 0 Å². The number of aliphatic carboxylic acids is 1. The van der Waals surface area contributed by atoms with Gasteiger partial charge in [-0.05, 0) is 12.8 Å². The lowest BCUT2D eigenvalue weighted by atomic mass is 9.80. The maximum Gasteiger partial charge on any atom is 0.395 e. The Morgan fingerprint density at radius 2 is 1.94 bits per heavy atom. The maximum atomic E-state index is 12.2. The zero-order chi connectivity index (χ0) is 14.0. The van der Waals surface area contributed by atoms with E-state index in [0.29, 0.717) is 12.8 Å². The SMILES string of the molecule is CCC(CC)(C(=O)O)c1csc(CC(F)(F)F)n1. The van der Waals surface area contributed by atoms with Crippen molar-refractivity contribution in [2.45, 2.75) is 44.7 Å². The highest BCUT2D eigenvalue weighted by Crippen LogP contribution is 2.34. The minimum absolute atomic E-state index is 0.0926. The van der Waals surface area contributed by atoms with Gasteiger partial charge < -0.3 is 5.11 Å². The minimum atomic E-state index is -4.32. The number of carbonyl (C=O) groups is 1. The average molecular weight is 281 g/mol. The van der Waals surface area contributed by atoms with Crippen molar-refractivity contribution in [1.82, 2.24) is 4.98 Å². The van der Waals surface area contributed by atoms with E-state index in [0.717, 1.165) is 11.3 Å². The van der Waals surface area contributed by atoms with Crippen LogP contribution in [0, 0.1) is 0 Å². The molecule has 0 saturated carbocycles. The molecule has 18 heavy (non-hydrogen) atoms. The Morgan fingerprint density at radius 3 is 2.33 bits per heavy atom. The first kappa shape index (κ1) is 14.9. The van der Waals surface area contributed by atoms with Crippen molar-refractivity contribution in [3.63, 3.8) is 0 Å². The Bertz CT molecular complexity index is 424. The summed E-state index contributed by atoms with van der Waals surface area (Å²) in [5.41, 5.74) is -0.954. The van der Waals surface area contributed by atoms with Crippen LogP contribution in [0.3, 0.4) is 0 Å². The van der Waals surface area contributed by atoms with E-state index in [1.807, 2.05) is 0 Å². The van der Waals surface area contributed by atoms with Gasteiger partial charge in [0.05, 0.1) is 12.1 Å². The van der Waals surface area contributed by atoms with Crippen molar-refractivity contribution in [1.29, 1.82) is 0 Å². The van der Waals surface area contributed by atoms with Crippen LogP contribution in [-0.4, -0.2) is 22.2 Å². The molecule has 1 heterocycles. The zero-order valence-corrected chi connectivity index (χ0v) is 10.9. The number of nitrogens with zero attached hydrogens (tertiary/aromatic N) is 1. The number of hydrogen-bond donors (Lipinski definition) is 1. The van der Waals surface area contributed by atoms with Crippen LogP contribution in [0.4, 0.5) is 13.2 Å². The normalized spacial score (nSPS) is 12.7. The summed E-state index contributed by atoms with van der Waals surface area (Å²) in [6.07, 6.45) is -4.83. The van der Waals surface area contributed by atoms with Gasteiger partial charge in [-0.2, -0.15) is 13.2 Å². The second kappa shape index (κ2) is 5.26. The summed E-state index contributed by atoms with van der Waals surface area (Å²) in [5.74, 6) is -1.05. The van der Waals surface area contributed by atoms with E-state index < -0.39 is 24.0 Å². The Kier molecular flexibility index (Phi) is 4.37. The van der Waals surface area contributed by atoms with Gasteiger partial charge in [0.15, 0.2) is 0 Å². The molecule has 102 valence electrons. The number of hydrogen-bond acceptors (Lipinski definition) is 3. The highest BCUT2D eigenvalue weighted by atomic mass is 32.1. The number of aromatic nitrogens is 1. The number of halogens is 3. The quantitative estimate of drug-likeness (QED) is 0.900. The third-order valence-electron chi connectivity index (χ3n) is 3.01. The molecule has 0 unspecified atom stereocenters. The first-order valence-electron chi connectivity index (χ1n) is 5.50. The largest absolute Gasteiger partial charge is 0.481 e. The maximum absolute atomic E-state index is 12.2. The second-order valence-corrected chi connectivity index (χ2v) is 4.96. The lowest BCUT2D eigenvalue weighted by Crippen LogP contribution is -2.34. The first-order valence-corrected chi connectivity index (χ1v) is 6.38. The molecule has 3 nitrogen and oxygen atoms in total. The van der Waals surface area contributed by atoms with Crippen molar-refractivity contribution in [2.24, 2.45) is 0 Å².